The molecule has 0 N–H and O–H groups in total. The maximum Gasteiger partial charge on any atom is 0.125 e. The van der Waals surface area contributed by atoms with Gasteiger partial charge in [-0.3, -0.25) is 9.88 Å². The first-order chi connectivity index (χ1) is 9.15. The smallest absolute Gasteiger partial charge is 0.125 e. The normalized spacial score (nSPS) is 17.1. The van der Waals surface area contributed by atoms with E-state index in [0.717, 1.165) is 12.2 Å². The van der Waals surface area contributed by atoms with Gasteiger partial charge in [-0.25, -0.2) is 4.39 Å². The highest BCUT2D eigenvalue weighted by Crippen LogP contribution is 2.27. The first-order valence-corrected chi connectivity index (χ1v) is 6.88. The molecule has 1 aliphatic heterocycles. The minimum atomic E-state index is -0.636. The third-order valence-corrected chi connectivity index (χ3v) is 3.78. The van der Waals surface area contributed by atoms with Crippen molar-refractivity contribution < 1.29 is 4.39 Å². The van der Waals surface area contributed by atoms with Crippen LogP contribution in [0.4, 0.5) is 4.39 Å². The molecule has 100 valence electrons. The van der Waals surface area contributed by atoms with Crippen LogP contribution in [0.1, 0.15) is 31.0 Å². The Morgan fingerprint density at radius 2 is 2.05 bits per heavy atom. The van der Waals surface area contributed by atoms with Gasteiger partial charge >= 0.3 is 0 Å². The van der Waals surface area contributed by atoms with E-state index in [2.05, 4.69) is 48.0 Å². The van der Waals surface area contributed by atoms with E-state index in [0.29, 0.717) is 19.0 Å². The zero-order valence-electron chi connectivity index (χ0n) is 11.4. The second-order valence-corrected chi connectivity index (χ2v) is 5.65. The Labute approximate surface area is 113 Å². The highest BCUT2D eigenvalue weighted by atomic mass is 19.1. The van der Waals surface area contributed by atoms with Crippen LogP contribution in [0.5, 0.6) is 0 Å². The van der Waals surface area contributed by atoms with Gasteiger partial charge in [-0.15, -0.1) is 0 Å². The molecule has 19 heavy (non-hydrogen) atoms. The van der Waals surface area contributed by atoms with E-state index in [1.54, 1.807) is 0 Å². The Kier molecular flexibility index (Phi) is 3.23. The van der Waals surface area contributed by atoms with E-state index in [-0.39, 0.29) is 0 Å². The fraction of sp³-hybridized carbons (Fsp3) is 0.438. The summed E-state index contributed by atoms with van der Waals surface area (Å²) < 4.78 is 12.9. The molecule has 0 unspecified atom stereocenters. The number of halogens is 1. The van der Waals surface area contributed by atoms with Gasteiger partial charge in [-0.1, -0.05) is 32.0 Å². The van der Waals surface area contributed by atoms with Crippen LogP contribution in [0.3, 0.4) is 0 Å². The maximum atomic E-state index is 12.9. The second kappa shape index (κ2) is 4.89. The molecule has 0 radical (unpaired) electrons. The van der Waals surface area contributed by atoms with Crippen LogP contribution < -0.4 is 0 Å². The van der Waals surface area contributed by atoms with Crippen molar-refractivity contribution in [3.8, 4) is 0 Å². The van der Waals surface area contributed by atoms with E-state index in [9.17, 15) is 4.39 Å². The number of fused-ring (bicyclic) bond motifs is 1. The Morgan fingerprint density at radius 3 is 2.74 bits per heavy atom. The highest BCUT2D eigenvalue weighted by Gasteiger charge is 2.26. The van der Waals surface area contributed by atoms with Crippen LogP contribution in [0.2, 0.25) is 0 Å². The molecule has 0 atom stereocenters. The number of hydrogen-bond acceptors (Lipinski definition) is 2. The molecule has 1 aromatic heterocycles. The largest absolute Gasteiger partial charge is 0.293 e. The molecular weight excluding hydrogens is 239 g/mol. The second-order valence-electron chi connectivity index (χ2n) is 5.65. The lowest BCUT2D eigenvalue weighted by atomic mass is 9.98. The molecule has 1 fully saturated rings. The number of rotatable bonds is 3. The molecule has 1 aliphatic rings. The van der Waals surface area contributed by atoms with Crippen molar-refractivity contribution in [1.29, 1.82) is 0 Å². The SMILES string of the molecule is CC(C)c1nccc2c(CN3CC(F)C3)cccc12. The lowest BCUT2D eigenvalue weighted by Gasteiger charge is -2.34. The summed E-state index contributed by atoms with van der Waals surface area (Å²) in [5.74, 6) is 0.415. The fourth-order valence-electron chi connectivity index (χ4n) is 2.77. The van der Waals surface area contributed by atoms with Gasteiger partial charge in [-0.2, -0.15) is 0 Å². The molecule has 2 aromatic rings. The van der Waals surface area contributed by atoms with Crippen LogP contribution in [0, 0.1) is 0 Å². The van der Waals surface area contributed by atoms with Gasteiger partial charge in [0.1, 0.15) is 6.17 Å². The number of nitrogens with zero attached hydrogens (tertiary/aromatic N) is 2. The summed E-state index contributed by atoms with van der Waals surface area (Å²) in [6, 6.07) is 8.43. The maximum absolute atomic E-state index is 12.9. The first kappa shape index (κ1) is 12.5. The third-order valence-electron chi connectivity index (χ3n) is 3.78. The summed E-state index contributed by atoms with van der Waals surface area (Å²) >= 11 is 0. The van der Waals surface area contributed by atoms with E-state index in [4.69, 9.17) is 0 Å². The first-order valence-electron chi connectivity index (χ1n) is 6.88. The summed E-state index contributed by atoms with van der Waals surface area (Å²) in [7, 11) is 0. The minimum absolute atomic E-state index is 0.415. The third kappa shape index (κ3) is 2.35. The molecule has 0 spiro atoms. The van der Waals surface area contributed by atoms with Crippen molar-refractivity contribution in [2.24, 2.45) is 0 Å². The van der Waals surface area contributed by atoms with Gasteiger partial charge < -0.3 is 0 Å². The monoisotopic (exact) mass is 258 g/mol. The van der Waals surface area contributed by atoms with Crippen molar-refractivity contribution >= 4 is 10.8 Å². The van der Waals surface area contributed by atoms with Crippen molar-refractivity contribution in [2.45, 2.75) is 32.5 Å². The Bertz CT molecular complexity index is 588. The molecule has 0 bridgehead atoms. The fourth-order valence-corrected chi connectivity index (χ4v) is 2.77. The van der Waals surface area contributed by atoms with E-state index in [1.165, 1.54) is 16.3 Å². The van der Waals surface area contributed by atoms with Crippen LogP contribution >= 0.6 is 0 Å². The van der Waals surface area contributed by atoms with Crippen LogP contribution in [0.25, 0.3) is 10.8 Å². The van der Waals surface area contributed by atoms with Crippen molar-refractivity contribution in [2.75, 3.05) is 13.1 Å². The summed E-state index contributed by atoms with van der Waals surface area (Å²) in [5, 5.41) is 2.48. The predicted octanol–water partition coefficient (Wildman–Crippen LogP) is 3.51. The van der Waals surface area contributed by atoms with E-state index < -0.39 is 6.17 Å². The van der Waals surface area contributed by atoms with Crippen LogP contribution in [-0.2, 0) is 6.54 Å². The average Bonchev–Trinajstić information content (AvgIpc) is 2.36. The van der Waals surface area contributed by atoms with Gasteiger partial charge in [0.15, 0.2) is 0 Å². The van der Waals surface area contributed by atoms with E-state index in [1.807, 2.05) is 6.20 Å². The number of alkyl halides is 1. The zero-order valence-corrected chi connectivity index (χ0v) is 11.4. The molecular formula is C16H19FN2. The molecule has 3 heteroatoms. The van der Waals surface area contributed by atoms with Crippen LogP contribution in [0.15, 0.2) is 30.5 Å². The molecule has 0 aliphatic carbocycles. The number of pyridine rings is 1. The summed E-state index contributed by atoms with van der Waals surface area (Å²) in [5.41, 5.74) is 2.42. The molecule has 0 saturated carbocycles. The predicted molar refractivity (Wildman–Crippen MR) is 76.0 cm³/mol. The van der Waals surface area contributed by atoms with Crippen LogP contribution in [-0.4, -0.2) is 29.1 Å². The van der Waals surface area contributed by atoms with Gasteiger partial charge in [0.2, 0.25) is 0 Å². The minimum Gasteiger partial charge on any atom is -0.293 e. The topological polar surface area (TPSA) is 16.1 Å². The van der Waals surface area contributed by atoms with Crippen molar-refractivity contribution in [3.63, 3.8) is 0 Å². The number of benzene rings is 1. The Hall–Kier alpha value is -1.48. The van der Waals surface area contributed by atoms with Gasteiger partial charge in [0.25, 0.3) is 0 Å². The number of aromatic nitrogens is 1. The molecule has 0 amide bonds. The standard InChI is InChI=1S/C16H19FN2/c1-11(2)16-15-5-3-4-12(14(15)6-7-18-16)8-19-9-13(17)10-19/h3-7,11,13H,8-10H2,1-2H3. The molecule has 1 saturated heterocycles. The molecule has 3 rings (SSSR count). The zero-order chi connectivity index (χ0) is 13.4. The lowest BCUT2D eigenvalue weighted by molar-refractivity contribution is 0.0595. The van der Waals surface area contributed by atoms with Crippen molar-refractivity contribution in [1.82, 2.24) is 9.88 Å². The van der Waals surface area contributed by atoms with Gasteiger partial charge in [0, 0.05) is 31.2 Å². The van der Waals surface area contributed by atoms with E-state index >= 15 is 0 Å². The van der Waals surface area contributed by atoms with Gasteiger partial charge in [-0.05, 0) is 22.9 Å². The Balaban J connectivity index is 1.98. The quantitative estimate of drug-likeness (QED) is 0.837. The Morgan fingerprint density at radius 1 is 1.26 bits per heavy atom. The van der Waals surface area contributed by atoms with Gasteiger partial charge in [0.05, 0.1) is 5.69 Å². The summed E-state index contributed by atoms with van der Waals surface area (Å²) in [6.07, 6.45) is 1.25. The molecule has 2 heterocycles. The lowest BCUT2D eigenvalue weighted by Crippen LogP contribution is -2.47. The number of hydrogen-bond donors (Lipinski definition) is 0. The summed E-state index contributed by atoms with van der Waals surface area (Å²) in [6.45, 7) is 6.30. The highest BCUT2D eigenvalue weighted by molar-refractivity contribution is 5.87. The molecule has 1 aromatic carbocycles. The number of likely N-dealkylation sites (tertiary alicyclic amines) is 1. The summed E-state index contributed by atoms with van der Waals surface area (Å²) in [4.78, 5) is 6.65. The average molecular weight is 258 g/mol. The van der Waals surface area contributed by atoms with Crippen molar-refractivity contribution in [3.05, 3.63) is 41.7 Å². The molecule has 2 nitrogen and oxygen atoms in total.